The fourth-order valence-electron chi connectivity index (χ4n) is 4.03. The normalized spacial score (nSPS) is 13.6. The quantitative estimate of drug-likeness (QED) is 0.408. The number of carbonyl (C=O) groups is 3. The van der Waals surface area contributed by atoms with Gasteiger partial charge in [-0.25, -0.2) is 0 Å². The molecule has 2 aromatic rings. The number of aryl methyl sites for hydroxylation is 1. The van der Waals surface area contributed by atoms with E-state index < -0.39 is 0 Å². The lowest BCUT2D eigenvalue weighted by molar-refractivity contribution is -0.116. The number of nitrogens with zero attached hydrogens (tertiary/aromatic N) is 2. The summed E-state index contributed by atoms with van der Waals surface area (Å²) < 4.78 is 0. The minimum atomic E-state index is -0.0484. The summed E-state index contributed by atoms with van der Waals surface area (Å²) >= 11 is 0. The largest absolute Gasteiger partial charge is 0.356 e. The van der Waals surface area contributed by atoms with Gasteiger partial charge in [0.15, 0.2) is 0 Å². The maximum absolute atomic E-state index is 12.8. The van der Waals surface area contributed by atoms with Crippen LogP contribution in [-0.4, -0.2) is 56.9 Å². The first-order valence-corrected chi connectivity index (χ1v) is 12.0. The number of rotatable bonds is 7. The molecule has 0 aromatic heterocycles. The highest BCUT2D eigenvalue weighted by Gasteiger charge is 2.25. The summed E-state index contributed by atoms with van der Waals surface area (Å²) in [6.07, 6.45) is 4.02. The van der Waals surface area contributed by atoms with Crippen molar-refractivity contribution in [3.63, 3.8) is 0 Å². The monoisotopic (exact) mass is 489 g/mol. The number of piperidine rings is 1. The molecule has 190 valence electrons. The van der Waals surface area contributed by atoms with Crippen LogP contribution < -0.4 is 16.0 Å². The van der Waals surface area contributed by atoms with Gasteiger partial charge in [-0.1, -0.05) is 23.8 Å². The molecule has 0 atom stereocenters. The van der Waals surface area contributed by atoms with Gasteiger partial charge in [0.05, 0.1) is 11.6 Å². The van der Waals surface area contributed by atoms with Crippen molar-refractivity contribution >= 4 is 23.9 Å². The van der Waals surface area contributed by atoms with Gasteiger partial charge >= 0.3 is 0 Å². The third-order valence-corrected chi connectivity index (χ3v) is 6.07. The molecular weight excluding hydrogens is 454 g/mol. The fraction of sp³-hybridized carbons (Fsp3) is 0.357. The SMILES string of the molecule is CNC/C(C)=C/C(=O)NC.Cc1ccc(C(=O)N2CCC(c3ccc(C#N)cc3)CC2)cc1NC=O. The number of anilines is 1. The topological polar surface area (TPSA) is 114 Å². The number of hydrogen-bond acceptors (Lipinski definition) is 5. The second kappa shape index (κ2) is 14.4. The number of carbonyl (C=O) groups excluding carboxylic acids is 3. The Kier molecular flexibility index (Phi) is 11.3. The van der Waals surface area contributed by atoms with E-state index >= 15 is 0 Å². The molecule has 0 aliphatic carbocycles. The summed E-state index contributed by atoms with van der Waals surface area (Å²) in [7, 11) is 3.46. The molecule has 1 aliphatic heterocycles. The Bertz CT molecular complexity index is 1110. The Morgan fingerprint density at radius 2 is 1.78 bits per heavy atom. The summed E-state index contributed by atoms with van der Waals surface area (Å²) in [6, 6.07) is 15.2. The van der Waals surface area contributed by atoms with E-state index in [9.17, 15) is 14.4 Å². The summed E-state index contributed by atoms with van der Waals surface area (Å²) in [5.41, 5.74) is 5.11. The van der Waals surface area contributed by atoms with Gasteiger partial charge in [-0.15, -0.1) is 0 Å². The second-order valence-corrected chi connectivity index (χ2v) is 8.73. The third-order valence-electron chi connectivity index (χ3n) is 6.07. The first-order chi connectivity index (χ1) is 17.3. The van der Waals surface area contributed by atoms with E-state index in [-0.39, 0.29) is 11.8 Å². The van der Waals surface area contributed by atoms with Crippen LogP contribution in [0.25, 0.3) is 0 Å². The van der Waals surface area contributed by atoms with Crippen LogP contribution in [0.1, 0.15) is 52.7 Å². The number of likely N-dealkylation sites (tertiary alicyclic amines) is 1. The molecule has 0 spiro atoms. The average molecular weight is 490 g/mol. The smallest absolute Gasteiger partial charge is 0.253 e. The predicted octanol–water partition coefficient (Wildman–Crippen LogP) is 3.35. The summed E-state index contributed by atoms with van der Waals surface area (Å²) in [5.74, 6) is 0.363. The standard InChI is InChI=1S/C21H21N3O2.C7H14N2O/c1-15-2-5-19(12-20(15)23-14-25)21(26)24-10-8-18(9-11-24)17-6-3-16(13-22)4-7-17;1-6(5-8-2)4-7(10)9-3/h2-7,12,14,18H,8-11H2,1H3,(H,23,25);4,8H,5H2,1-3H3,(H,9,10)/b;6-4+. The van der Waals surface area contributed by atoms with Crippen LogP contribution in [-0.2, 0) is 9.59 Å². The summed E-state index contributed by atoms with van der Waals surface area (Å²) in [5, 5.41) is 17.0. The number of likely N-dealkylation sites (N-methyl/N-ethyl adjacent to an activating group) is 2. The predicted molar refractivity (Wildman–Crippen MR) is 142 cm³/mol. The van der Waals surface area contributed by atoms with Gasteiger partial charge in [0.25, 0.3) is 5.91 Å². The van der Waals surface area contributed by atoms with Crippen molar-refractivity contribution in [3.05, 3.63) is 76.4 Å². The van der Waals surface area contributed by atoms with Crippen molar-refractivity contribution in [1.29, 1.82) is 5.26 Å². The van der Waals surface area contributed by atoms with Crippen LogP contribution in [0, 0.1) is 18.3 Å². The maximum Gasteiger partial charge on any atom is 0.253 e. The van der Waals surface area contributed by atoms with Gasteiger partial charge < -0.3 is 20.9 Å². The Hall–Kier alpha value is -3.96. The minimum absolute atomic E-state index is 0.00257. The molecule has 0 radical (unpaired) electrons. The molecule has 1 aliphatic rings. The van der Waals surface area contributed by atoms with Gasteiger partial charge in [-0.2, -0.15) is 5.26 Å². The lowest BCUT2D eigenvalue weighted by Gasteiger charge is -2.32. The van der Waals surface area contributed by atoms with E-state index in [2.05, 4.69) is 22.0 Å². The van der Waals surface area contributed by atoms with E-state index in [4.69, 9.17) is 5.26 Å². The highest BCUT2D eigenvalue weighted by Crippen LogP contribution is 2.29. The zero-order chi connectivity index (χ0) is 26.5. The Morgan fingerprint density at radius 3 is 2.33 bits per heavy atom. The van der Waals surface area contributed by atoms with Crippen LogP contribution in [0.3, 0.4) is 0 Å². The fourth-order valence-corrected chi connectivity index (χ4v) is 4.03. The van der Waals surface area contributed by atoms with Crippen molar-refractivity contribution in [2.75, 3.05) is 39.0 Å². The molecule has 36 heavy (non-hydrogen) atoms. The van der Waals surface area contributed by atoms with E-state index in [0.717, 1.165) is 30.5 Å². The van der Waals surface area contributed by atoms with Crippen molar-refractivity contribution in [2.45, 2.75) is 32.6 Å². The number of nitriles is 1. The number of amides is 3. The molecular formula is C28H35N5O3. The zero-order valence-electron chi connectivity index (χ0n) is 21.4. The van der Waals surface area contributed by atoms with E-state index in [0.29, 0.717) is 42.2 Å². The van der Waals surface area contributed by atoms with Crippen LogP contribution in [0.15, 0.2) is 54.1 Å². The summed E-state index contributed by atoms with van der Waals surface area (Å²) in [6.45, 7) is 5.96. The van der Waals surface area contributed by atoms with Gasteiger partial charge in [0, 0.05) is 44.0 Å². The van der Waals surface area contributed by atoms with E-state index in [1.165, 1.54) is 5.56 Å². The van der Waals surface area contributed by atoms with E-state index in [1.807, 2.05) is 56.1 Å². The molecule has 3 amide bonds. The van der Waals surface area contributed by atoms with Crippen molar-refractivity contribution in [3.8, 4) is 6.07 Å². The molecule has 0 saturated carbocycles. The van der Waals surface area contributed by atoms with Gasteiger partial charge in [-0.05, 0) is 75.0 Å². The van der Waals surface area contributed by atoms with Crippen LogP contribution in [0.2, 0.25) is 0 Å². The molecule has 2 aromatic carbocycles. The maximum atomic E-state index is 12.8. The molecule has 0 unspecified atom stereocenters. The first-order valence-electron chi connectivity index (χ1n) is 12.0. The molecule has 1 saturated heterocycles. The average Bonchev–Trinajstić information content (AvgIpc) is 2.90. The Balaban J connectivity index is 0.000000388. The van der Waals surface area contributed by atoms with Crippen molar-refractivity contribution in [2.24, 2.45) is 0 Å². The number of nitrogens with one attached hydrogen (secondary N) is 3. The third kappa shape index (κ3) is 8.36. The Morgan fingerprint density at radius 1 is 1.11 bits per heavy atom. The van der Waals surface area contributed by atoms with Gasteiger partial charge in [0.2, 0.25) is 12.3 Å². The molecule has 1 fully saturated rings. The lowest BCUT2D eigenvalue weighted by atomic mass is 9.89. The number of hydrogen-bond donors (Lipinski definition) is 3. The molecule has 8 heteroatoms. The van der Waals surface area contributed by atoms with Gasteiger partial charge in [-0.3, -0.25) is 14.4 Å². The molecule has 3 rings (SSSR count). The summed E-state index contributed by atoms with van der Waals surface area (Å²) in [4.78, 5) is 36.0. The van der Waals surface area contributed by atoms with Crippen molar-refractivity contribution < 1.29 is 14.4 Å². The molecule has 0 bridgehead atoms. The highest BCUT2D eigenvalue weighted by molar-refractivity contribution is 5.96. The van der Waals surface area contributed by atoms with Crippen LogP contribution in [0.4, 0.5) is 5.69 Å². The second-order valence-electron chi connectivity index (χ2n) is 8.73. The van der Waals surface area contributed by atoms with Crippen molar-refractivity contribution in [1.82, 2.24) is 15.5 Å². The zero-order valence-corrected chi connectivity index (χ0v) is 21.4. The number of benzene rings is 2. The highest BCUT2D eigenvalue weighted by atomic mass is 16.2. The molecule has 1 heterocycles. The first kappa shape index (κ1) is 28.3. The van der Waals surface area contributed by atoms with E-state index in [1.54, 1.807) is 25.3 Å². The Labute approximate surface area is 213 Å². The van der Waals surface area contributed by atoms with Crippen LogP contribution >= 0.6 is 0 Å². The lowest BCUT2D eigenvalue weighted by Crippen LogP contribution is -2.37. The molecule has 8 nitrogen and oxygen atoms in total. The molecule has 3 N–H and O–H groups in total. The van der Waals surface area contributed by atoms with Gasteiger partial charge in [0.1, 0.15) is 0 Å². The minimum Gasteiger partial charge on any atom is -0.356 e. The van der Waals surface area contributed by atoms with Crippen LogP contribution in [0.5, 0.6) is 0 Å².